The van der Waals surface area contributed by atoms with E-state index in [2.05, 4.69) is 13.8 Å². The highest BCUT2D eigenvalue weighted by atomic mass is 32.2. The quantitative estimate of drug-likeness (QED) is 0.178. The molecule has 1 amide bonds. The molecule has 0 saturated carbocycles. The fourth-order valence-corrected chi connectivity index (χ4v) is 5.32. The van der Waals surface area contributed by atoms with Crippen LogP contribution < -0.4 is 4.74 Å². The van der Waals surface area contributed by atoms with Crippen molar-refractivity contribution in [1.29, 1.82) is 0 Å². The Bertz CT molecular complexity index is 1250. The summed E-state index contributed by atoms with van der Waals surface area (Å²) in [5, 5.41) is 4.93. The third-order valence-electron chi connectivity index (χ3n) is 5.73. The second-order valence-electron chi connectivity index (χ2n) is 8.90. The van der Waals surface area contributed by atoms with Gasteiger partial charge in [0.05, 0.1) is 16.7 Å². The minimum atomic E-state index is -0.0214. The molecule has 182 valence electrons. The first-order chi connectivity index (χ1) is 16.9. The van der Waals surface area contributed by atoms with Crippen LogP contribution in [0.3, 0.4) is 0 Å². The van der Waals surface area contributed by atoms with Crippen LogP contribution in [-0.4, -0.2) is 37.6 Å². The topological polar surface area (TPSA) is 47.4 Å². The number of aromatic nitrogens is 2. The van der Waals surface area contributed by atoms with E-state index in [-0.39, 0.29) is 12.0 Å². The normalized spacial score (nSPS) is 15.0. The molecular weight excluding hydrogens is 474 g/mol. The van der Waals surface area contributed by atoms with Crippen LogP contribution in [0.4, 0.5) is 0 Å². The van der Waals surface area contributed by atoms with E-state index in [1.165, 1.54) is 11.8 Å². The molecule has 3 aromatic rings. The Labute approximate surface area is 217 Å². The molecule has 1 fully saturated rings. The Morgan fingerprint density at radius 1 is 1.14 bits per heavy atom. The van der Waals surface area contributed by atoms with Crippen molar-refractivity contribution in [3.05, 3.63) is 70.8 Å². The Morgan fingerprint density at radius 3 is 2.60 bits per heavy atom. The zero-order valence-electron chi connectivity index (χ0n) is 20.7. The van der Waals surface area contributed by atoms with Gasteiger partial charge in [-0.2, -0.15) is 5.10 Å². The highest BCUT2D eigenvalue weighted by Gasteiger charge is 2.32. The fourth-order valence-electron chi connectivity index (χ4n) is 4.02. The number of rotatable bonds is 9. The standard InChI is InChI=1S/C28H31N3O2S2/c1-5-6-10-15-30-27(32)25(35-28(30)34)17-21-18-31(22-11-8-7-9-12-22)29-26(21)24-14-13-23(16-20(24)4)33-19(2)3/h7-9,11-14,16-19H,5-6,10,15H2,1-4H3. The SMILES string of the molecule is CCCCCN1C(=O)C(=Cc2cn(-c3ccccc3)nc2-c2ccc(OC(C)C)cc2C)SC1=S. The van der Waals surface area contributed by atoms with E-state index in [0.29, 0.717) is 15.8 Å². The molecule has 7 heteroatoms. The summed E-state index contributed by atoms with van der Waals surface area (Å²) in [6, 6.07) is 16.0. The molecule has 35 heavy (non-hydrogen) atoms. The molecular formula is C28H31N3O2S2. The number of nitrogens with zero attached hydrogens (tertiary/aromatic N) is 3. The third kappa shape index (κ3) is 5.85. The zero-order valence-corrected chi connectivity index (χ0v) is 22.3. The average Bonchev–Trinajstić information content (AvgIpc) is 3.35. The number of thiocarbonyl (C=S) groups is 1. The van der Waals surface area contributed by atoms with Gasteiger partial charge < -0.3 is 4.74 Å². The molecule has 0 spiro atoms. The number of para-hydroxylation sites is 1. The maximum atomic E-state index is 13.2. The van der Waals surface area contributed by atoms with Crippen LogP contribution in [0.5, 0.6) is 5.75 Å². The molecule has 0 unspecified atom stereocenters. The van der Waals surface area contributed by atoms with E-state index < -0.39 is 0 Å². The number of benzene rings is 2. The lowest BCUT2D eigenvalue weighted by Gasteiger charge is -2.13. The van der Waals surface area contributed by atoms with Gasteiger partial charge in [-0.25, -0.2) is 4.68 Å². The van der Waals surface area contributed by atoms with Crippen molar-refractivity contribution in [2.45, 2.75) is 53.1 Å². The summed E-state index contributed by atoms with van der Waals surface area (Å²) in [5.41, 5.74) is 4.71. The first-order valence-electron chi connectivity index (χ1n) is 12.1. The van der Waals surface area contributed by atoms with E-state index in [9.17, 15) is 4.79 Å². The molecule has 0 bridgehead atoms. The number of hydrogen-bond donors (Lipinski definition) is 0. The lowest BCUT2D eigenvalue weighted by molar-refractivity contribution is -0.122. The Hall–Kier alpha value is -2.90. The largest absolute Gasteiger partial charge is 0.491 e. The highest BCUT2D eigenvalue weighted by Crippen LogP contribution is 2.36. The number of aryl methyl sites for hydroxylation is 1. The second-order valence-corrected chi connectivity index (χ2v) is 10.6. The fraction of sp³-hybridized carbons (Fsp3) is 0.321. The zero-order chi connectivity index (χ0) is 24.9. The van der Waals surface area contributed by atoms with Gasteiger partial charge in [-0.05, 0) is 69.2 Å². The summed E-state index contributed by atoms with van der Waals surface area (Å²) < 4.78 is 8.36. The summed E-state index contributed by atoms with van der Waals surface area (Å²) in [6.45, 7) is 8.91. The van der Waals surface area contributed by atoms with E-state index >= 15 is 0 Å². The molecule has 1 aromatic heterocycles. The summed E-state index contributed by atoms with van der Waals surface area (Å²) in [5.74, 6) is 0.810. The Morgan fingerprint density at radius 2 is 1.91 bits per heavy atom. The average molecular weight is 506 g/mol. The molecule has 2 heterocycles. The predicted molar refractivity (Wildman–Crippen MR) is 149 cm³/mol. The smallest absolute Gasteiger partial charge is 0.266 e. The molecule has 2 aromatic carbocycles. The van der Waals surface area contributed by atoms with Crippen LogP contribution in [0, 0.1) is 6.92 Å². The van der Waals surface area contributed by atoms with Crippen molar-refractivity contribution in [2.24, 2.45) is 0 Å². The lowest BCUT2D eigenvalue weighted by Crippen LogP contribution is -2.28. The van der Waals surface area contributed by atoms with Crippen LogP contribution >= 0.6 is 24.0 Å². The van der Waals surface area contributed by atoms with Gasteiger partial charge in [-0.15, -0.1) is 0 Å². The molecule has 4 rings (SSSR count). The monoisotopic (exact) mass is 505 g/mol. The van der Waals surface area contributed by atoms with Gasteiger partial charge in [0.1, 0.15) is 15.8 Å². The van der Waals surface area contributed by atoms with Gasteiger partial charge in [-0.3, -0.25) is 9.69 Å². The van der Waals surface area contributed by atoms with Crippen LogP contribution in [0.25, 0.3) is 23.0 Å². The number of amides is 1. The number of ether oxygens (including phenoxy) is 1. The molecule has 0 atom stereocenters. The van der Waals surface area contributed by atoms with Gasteiger partial charge in [0, 0.05) is 23.9 Å². The number of unbranched alkanes of at least 4 members (excludes halogenated alkanes) is 2. The van der Waals surface area contributed by atoms with E-state index in [1.807, 2.05) is 79.3 Å². The van der Waals surface area contributed by atoms with E-state index in [0.717, 1.165) is 53.1 Å². The number of carbonyl (C=O) groups is 1. The molecule has 0 N–H and O–H groups in total. The molecule has 5 nitrogen and oxygen atoms in total. The number of carbonyl (C=O) groups excluding carboxylic acids is 1. The van der Waals surface area contributed by atoms with Crippen molar-refractivity contribution >= 4 is 40.3 Å². The van der Waals surface area contributed by atoms with Crippen LogP contribution in [0.2, 0.25) is 0 Å². The summed E-state index contributed by atoms with van der Waals surface area (Å²) in [6.07, 6.45) is 7.16. The van der Waals surface area contributed by atoms with Crippen molar-refractivity contribution in [1.82, 2.24) is 14.7 Å². The van der Waals surface area contributed by atoms with Gasteiger partial charge in [0.2, 0.25) is 0 Å². The Balaban J connectivity index is 1.74. The van der Waals surface area contributed by atoms with Crippen LogP contribution in [0.15, 0.2) is 59.6 Å². The van der Waals surface area contributed by atoms with Gasteiger partial charge >= 0.3 is 0 Å². The minimum absolute atomic E-state index is 0.0214. The Kier molecular flexibility index (Phi) is 8.08. The van der Waals surface area contributed by atoms with Crippen LogP contribution in [0.1, 0.15) is 51.2 Å². The molecule has 1 aliphatic rings. The summed E-state index contributed by atoms with van der Waals surface area (Å²) in [4.78, 5) is 15.5. The maximum Gasteiger partial charge on any atom is 0.266 e. The van der Waals surface area contributed by atoms with Crippen molar-refractivity contribution in [3.63, 3.8) is 0 Å². The van der Waals surface area contributed by atoms with Crippen molar-refractivity contribution < 1.29 is 9.53 Å². The first-order valence-corrected chi connectivity index (χ1v) is 13.3. The van der Waals surface area contributed by atoms with Gasteiger partial charge in [0.15, 0.2) is 0 Å². The maximum absolute atomic E-state index is 13.2. The third-order valence-corrected chi connectivity index (χ3v) is 7.11. The van der Waals surface area contributed by atoms with Crippen molar-refractivity contribution in [2.75, 3.05) is 6.54 Å². The highest BCUT2D eigenvalue weighted by molar-refractivity contribution is 8.26. The lowest BCUT2D eigenvalue weighted by atomic mass is 10.0. The van der Waals surface area contributed by atoms with Gasteiger partial charge in [-0.1, -0.05) is 61.9 Å². The summed E-state index contributed by atoms with van der Waals surface area (Å²) in [7, 11) is 0. The van der Waals surface area contributed by atoms with Crippen LogP contribution in [-0.2, 0) is 4.79 Å². The minimum Gasteiger partial charge on any atom is -0.491 e. The van der Waals surface area contributed by atoms with E-state index in [1.54, 1.807) is 4.90 Å². The molecule has 1 saturated heterocycles. The molecule has 0 radical (unpaired) electrons. The van der Waals surface area contributed by atoms with E-state index in [4.69, 9.17) is 22.1 Å². The number of hydrogen-bond acceptors (Lipinski definition) is 5. The van der Waals surface area contributed by atoms with Crippen molar-refractivity contribution in [3.8, 4) is 22.7 Å². The second kappa shape index (κ2) is 11.2. The molecule has 0 aliphatic carbocycles. The molecule has 1 aliphatic heterocycles. The summed E-state index contributed by atoms with van der Waals surface area (Å²) >= 11 is 6.90. The predicted octanol–water partition coefficient (Wildman–Crippen LogP) is 7.03. The number of thioether (sulfide) groups is 1. The first kappa shape index (κ1) is 25.2. The van der Waals surface area contributed by atoms with Gasteiger partial charge in [0.25, 0.3) is 5.91 Å².